The van der Waals surface area contributed by atoms with Crippen molar-refractivity contribution in [2.45, 2.75) is 6.92 Å². The SMILES string of the molecule is CC(=O)N=C1SCCN1CC(=O)c1ccc(C#N)cc1. The zero-order valence-corrected chi connectivity index (χ0v) is 11.8. The highest BCUT2D eigenvalue weighted by atomic mass is 32.2. The van der Waals surface area contributed by atoms with Crippen molar-refractivity contribution in [1.29, 1.82) is 5.26 Å². The van der Waals surface area contributed by atoms with Gasteiger partial charge in [0.05, 0.1) is 18.2 Å². The minimum absolute atomic E-state index is 0.0479. The average molecular weight is 287 g/mol. The Balaban J connectivity index is 2.07. The first kappa shape index (κ1) is 14.3. The van der Waals surface area contributed by atoms with Gasteiger partial charge in [0.25, 0.3) is 0 Å². The van der Waals surface area contributed by atoms with Crippen molar-refractivity contribution in [3.63, 3.8) is 0 Å². The molecule has 0 bridgehead atoms. The number of amides is 1. The molecule has 1 aliphatic rings. The van der Waals surface area contributed by atoms with Crippen LogP contribution >= 0.6 is 11.8 Å². The molecule has 1 amide bonds. The maximum atomic E-state index is 12.2. The summed E-state index contributed by atoms with van der Waals surface area (Å²) in [5, 5.41) is 9.33. The second kappa shape index (κ2) is 6.35. The Morgan fingerprint density at radius 1 is 1.40 bits per heavy atom. The lowest BCUT2D eigenvalue weighted by molar-refractivity contribution is -0.115. The van der Waals surface area contributed by atoms with Gasteiger partial charge in [0, 0.05) is 24.8 Å². The van der Waals surface area contributed by atoms with E-state index < -0.39 is 0 Å². The topological polar surface area (TPSA) is 73.5 Å². The summed E-state index contributed by atoms with van der Waals surface area (Å²) in [6.07, 6.45) is 0. The second-order valence-electron chi connectivity index (χ2n) is 4.30. The molecule has 1 fully saturated rings. The Hall–Kier alpha value is -2.13. The van der Waals surface area contributed by atoms with E-state index in [9.17, 15) is 9.59 Å². The number of amidine groups is 1. The van der Waals surface area contributed by atoms with Crippen LogP contribution in [0, 0.1) is 11.3 Å². The molecule has 0 saturated carbocycles. The van der Waals surface area contributed by atoms with Crippen LogP contribution in [0.15, 0.2) is 29.3 Å². The van der Waals surface area contributed by atoms with Gasteiger partial charge in [0.1, 0.15) is 0 Å². The summed E-state index contributed by atoms with van der Waals surface area (Å²) in [6.45, 7) is 2.30. The molecule has 1 aromatic carbocycles. The van der Waals surface area contributed by atoms with Gasteiger partial charge in [-0.3, -0.25) is 9.59 Å². The van der Waals surface area contributed by atoms with Crippen LogP contribution in [0.3, 0.4) is 0 Å². The van der Waals surface area contributed by atoms with Crippen molar-refractivity contribution < 1.29 is 9.59 Å². The summed E-state index contributed by atoms with van der Waals surface area (Å²) in [7, 11) is 0. The van der Waals surface area contributed by atoms with Crippen molar-refractivity contribution in [2.24, 2.45) is 4.99 Å². The van der Waals surface area contributed by atoms with E-state index in [0.717, 1.165) is 5.75 Å². The molecule has 1 saturated heterocycles. The van der Waals surface area contributed by atoms with Gasteiger partial charge in [0.2, 0.25) is 5.91 Å². The molecule has 6 heteroatoms. The van der Waals surface area contributed by atoms with Crippen molar-refractivity contribution >= 4 is 28.6 Å². The molecule has 2 rings (SSSR count). The molecule has 20 heavy (non-hydrogen) atoms. The third-order valence-corrected chi connectivity index (χ3v) is 3.78. The fourth-order valence-electron chi connectivity index (χ4n) is 1.81. The largest absolute Gasteiger partial charge is 0.343 e. The zero-order chi connectivity index (χ0) is 14.5. The molecule has 0 radical (unpaired) electrons. The normalized spacial score (nSPS) is 16.2. The Labute approximate surface area is 121 Å². The number of rotatable bonds is 3. The smallest absolute Gasteiger partial charge is 0.244 e. The molecule has 1 aliphatic heterocycles. The minimum atomic E-state index is -0.259. The van der Waals surface area contributed by atoms with E-state index >= 15 is 0 Å². The summed E-state index contributed by atoms with van der Waals surface area (Å²) < 4.78 is 0. The quantitative estimate of drug-likeness (QED) is 0.791. The summed E-state index contributed by atoms with van der Waals surface area (Å²) in [5.41, 5.74) is 1.08. The van der Waals surface area contributed by atoms with Crippen LogP contribution in [0.4, 0.5) is 0 Å². The molecule has 1 heterocycles. The highest BCUT2D eigenvalue weighted by Gasteiger charge is 2.22. The molecule has 5 nitrogen and oxygen atoms in total. The summed E-state index contributed by atoms with van der Waals surface area (Å²) >= 11 is 1.48. The van der Waals surface area contributed by atoms with Gasteiger partial charge >= 0.3 is 0 Å². The van der Waals surface area contributed by atoms with Gasteiger partial charge in [0.15, 0.2) is 11.0 Å². The molecular weight excluding hydrogens is 274 g/mol. The predicted octanol–water partition coefficient (Wildman–Crippen LogP) is 1.69. The van der Waals surface area contributed by atoms with Gasteiger partial charge in [-0.15, -0.1) is 0 Å². The maximum absolute atomic E-state index is 12.2. The number of benzene rings is 1. The summed E-state index contributed by atoms with van der Waals surface area (Å²) in [5.74, 6) is 0.519. The Bertz CT molecular complexity index is 602. The highest BCUT2D eigenvalue weighted by molar-refractivity contribution is 8.14. The lowest BCUT2D eigenvalue weighted by atomic mass is 10.1. The number of carbonyl (C=O) groups is 2. The first-order chi connectivity index (χ1) is 9.60. The minimum Gasteiger partial charge on any atom is -0.343 e. The molecule has 0 aromatic heterocycles. The number of aliphatic imine (C=N–C) groups is 1. The van der Waals surface area contributed by atoms with Gasteiger partial charge in [-0.25, -0.2) is 0 Å². The number of nitrogens with zero attached hydrogens (tertiary/aromatic N) is 3. The molecule has 0 aliphatic carbocycles. The molecule has 0 spiro atoms. The van der Waals surface area contributed by atoms with Crippen LogP contribution in [0.2, 0.25) is 0 Å². The fraction of sp³-hybridized carbons (Fsp3) is 0.286. The molecule has 102 valence electrons. The number of Topliss-reactive ketones (excluding diaryl/α,β-unsaturated/α-hetero) is 1. The Kier molecular flexibility index (Phi) is 4.53. The van der Waals surface area contributed by atoms with Gasteiger partial charge < -0.3 is 4.90 Å². The number of carbonyl (C=O) groups excluding carboxylic acids is 2. The van der Waals surface area contributed by atoms with Gasteiger partial charge in [-0.1, -0.05) is 23.9 Å². The van der Waals surface area contributed by atoms with E-state index in [1.165, 1.54) is 18.7 Å². The van der Waals surface area contributed by atoms with E-state index in [1.807, 2.05) is 11.0 Å². The van der Waals surface area contributed by atoms with Gasteiger partial charge in [-0.05, 0) is 12.1 Å². The van der Waals surface area contributed by atoms with Crippen LogP contribution in [-0.2, 0) is 4.79 Å². The maximum Gasteiger partial charge on any atom is 0.244 e. The predicted molar refractivity (Wildman–Crippen MR) is 77.6 cm³/mol. The van der Waals surface area contributed by atoms with Crippen molar-refractivity contribution in [1.82, 2.24) is 4.90 Å². The zero-order valence-electron chi connectivity index (χ0n) is 11.0. The van der Waals surface area contributed by atoms with Crippen molar-refractivity contribution in [3.05, 3.63) is 35.4 Å². The lowest BCUT2D eigenvalue weighted by Crippen LogP contribution is -2.31. The lowest BCUT2D eigenvalue weighted by Gasteiger charge is -2.16. The van der Waals surface area contributed by atoms with Crippen LogP contribution in [-0.4, -0.2) is 40.6 Å². The average Bonchev–Trinajstić information content (AvgIpc) is 2.85. The number of ketones is 1. The second-order valence-corrected chi connectivity index (χ2v) is 5.36. The van der Waals surface area contributed by atoms with E-state index in [-0.39, 0.29) is 18.2 Å². The number of hydrogen-bond acceptors (Lipinski definition) is 4. The first-order valence-corrected chi connectivity index (χ1v) is 7.09. The molecule has 0 N–H and O–H groups in total. The Morgan fingerprint density at radius 3 is 2.70 bits per heavy atom. The molecular formula is C14H13N3O2S. The van der Waals surface area contributed by atoms with E-state index in [1.54, 1.807) is 24.3 Å². The first-order valence-electron chi connectivity index (χ1n) is 6.10. The third kappa shape index (κ3) is 3.45. The number of hydrogen-bond donors (Lipinski definition) is 0. The number of thioether (sulfide) groups is 1. The monoisotopic (exact) mass is 287 g/mol. The van der Waals surface area contributed by atoms with Crippen LogP contribution in [0.5, 0.6) is 0 Å². The molecule has 0 unspecified atom stereocenters. The summed E-state index contributed by atoms with van der Waals surface area (Å²) in [6, 6.07) is 8.55. The van der Waals surface area contributed by atoms with Crippen molar-refractivity contribution in [2.75, 3.05) is 18.8 Å². The number of nitriles is 1. The summed E-state index contributed by atoms with van der Waals surface area (Å²) in [4.78, 5) is 28.9. The van der Waals surface area contributed by atoms with Crippen LogP contribution in [0.1, 0.15) is 22.8 Å². The standard InChI is InChI=1S/C14H13N3O2S/c1-10(18)16-14-17(6-7-20-14)9-13(19)12-4-2-11(8-15)3-5-12/h2-5H,6-7,9H2,1H3. The highest BCUT2D eigenvalue weighted by Crippen LogP contribution is 2.18. The fourth-order valence-corrected chi connectivity index (χ4v) is 2.84. The van der Waals surface area contributed by atoms with Gasteiger partial charge in [-0.2, -0.15) is 10.3 Å². The third-order valence-electron chi connectivity index (χ3n) is 2.79. The van der Waals surface area contributed by atoms with Crippen LogP contribution < -0.4 is 0 Å². The van der Waals surface area contributed by atoms with Crippen molar-refractivity contribution in [3.8, 4) is 6.07 Å². The van der Waals surface area contributed by atoms with E-state index in [0.29, 0.717) is 22.8 Å². The Morgan fingerprint density at radius 2 is 2.10 bits per heavy atom. The molecule has 0 atom stereocenters. The molecule has 1 aromatic rings. The van der Waals surface area contributed by atoms with E-state index in [4.69, 9.17) is 5.26 Å². The van der Waals surface area contributed by atoms with Crippen LogP contribution in [0.25, 0.3) is 0 Å². The van der Waals surface area contributed by atoms with E-state index in [2.05, 4.69) is 4.99 Å².